The Morgan fingerprint density at radius 3 is 2.75 bits per heavy atom. The maximum Gasteiger partial charge on any atom is 0.126 e. The smallest absolute Gasteiger partial charge is 0.126 e. The first-order chi connectivity index (χ1) is 9.34. The molecular formula is C17H27FN2. The van der Waals surface area contributed by atoms with Gasteiger partial charge in [0.25, 0.3) is 0 Å². The summed E-state index contributed by atoms with van der Waals surface area (Å²) in [4.78, 5) is 2.51. The lowest BCUT2D eigenvalue weighted by molar-refractivity contribution is 0.0579. The largest absolute Gasteiger partial charge is 0.309 e. The molecule has 0 spiro atoms. The zero-order chi connectivity index (χ0) is 14.9. The first-order valence-electron chi connectivity index (χ1n) is 7.61. The lowest BCUT2D eigenvalue weighted by Crippen LogP contribution is -2.61. The highest BCUT2D eigenvalue weighted by atomic mass is 19.1. The summed E-state index contributed by atoms with van der Waals surface area (Å²) in [7, 11) is 0. The monoisotopic (exact) mass is 278 g/mol. The third-order valence-electron chi connectivity index (χ3n) is 4.51. The molecule has 1 heterocycles. The topological polar surface area (TPSA) is 15.3 Å². The Morgan fingerprint density at radius 2 is 2.15 bits per heavy atom. The van der Waals surface area contributed by atoms with E-state index in [9.17, 15) is 4.39 Å². The molecule has 2 atom stereocenters. The molecule has 0 saturated carbocycles. The van der Waals surface area contributed by atoms with Crippen LogP contribution in [0.5, 0.6) is 0 Å². The first kappa shape index (κ1) is 15.5. The fourth-order valence-corrected chi connectivity index (χ4v) is 3.05. The average molecular weight is 278 g/mol. The van der Waals surface area contributed by atoms with Gasteiger partial charge in [-0.25, -0.2) is 4.39 Å². The highest BCUT2D eigenvalue weighted by Crippen LogP contribution is 2.29. The van der Waals surface area contributed by atoms with Crippen LogP contribution in [0.3, 0.4) is 0 Å². The van der Waals surface area contributed by atoms with Crippen LogP contribution in [0.4, 0.5) is 4.39 Å². The number of benzene rings is 1. The standard InChI is InChI=1S/C17H27FN2/c1-6-15-10-19-17(4,5)11-20(15)13(3)14-8-7-12(2)16(18)9-14/h7-9,13,15,19H,6,10-11H2,1-5H3. The summed E-state index contributed by atoms with van der Waals surface area (Å²) in [5.74, 6) is -0.100. The fourth-order valence-electron chi connectivity index (χ4n) is 3.05. The molecule has 20 heavy (non-hydrogen) atoms. The van der Waals surface area contributed by atoms with Crippen LogP contribution in [0, 0.1) is 12.7 Å². The van der Waals surface area contributed by atoms with Gasteiger partial charge < -0.3 is 5.32 Å². The van der Waals surface area contributed by atoms with Crippen molar-refractivity contribution in [2.75, 3.05) is 13.1 Å². The quantitative estimate of drug-likeness (QED) is 0.908. The van der Waals surface area contributed by atoms with Gasteiger partial charge in [0.1, 0.15) is 5.82 Å². The summed E-state index contributed by atoms with van der Waals surface area (Å²) in [5.41, 5.74) is 1.90. The van der Waals surface area contributed by atoms with E-state index in [1.54, 1.807) is 6.07 Å². The van der Waals surface area contributed by atoms with Crippen molar-refractivity contribution in [3.05, 3.63) is 35.1 Å². The molecule has 3 heteroatoms. The minimum Gasteiger partial charge on any atom is -0.309 e. The number of hydrogen-bond donors (Lipinski definition) is 1. The molecule has 2 nitrogen and oxygen atoms in total. The van der Waals surface area contributed by atoms with Crippen LogP contribution in [-0.2, 0) is 0 Å². The Bertz CT molecular complexity index is 470. The lowest BCUT2D eigenvalue weighted by atomic mass is 9.93. The molecule has 0 radical (unpaired) electrons. The molecule has 0 bridgehead atoms. The molecular weight excluding hydrogens is 251 g/mol. The highest BCUT2D eigenvalue weighted by Gasteiger charge is 2.34. The summed E-state index contributed by atoms with van der Waals surface area (Å²) in [6.45, 7) is 12.7. The van der Waals surface area contributed by atoms with Gasteiger partial charge in [0.05, 0.1) is 0 Å². The van der Waals surface area contributed by atoms with E-state index < -0.39 is 0 Å². The molecule has 1 aromatic rings. The van der Waals surface area contributed by atoms with Gasteiger partial charge in [-0.15, -0.1) is 0 Å². The SMILES string of the molecule is CCC1CNC(C)(C)CN1C(C)c1ccc(C)c(F)c1. The Kier molecular flexibility index (Phi) is 4.50. The van der Waals surface area contributed by atoms with Crippen molar-refractivity contribution >= 4 is 0 Å². The predicted molar refractivity (Wildman–Crippen MR) is 82.4 cm³/mol. The average Bonchev–Trinajstić information content (AvgIpc) is 2.40. The van der Waals surface area contributed by atoms with Gasteiger partial charge in [-0.2, -0.15) is 0 Å². The molecule has 1 aromatic carbocycles. The van der Waals surface area contributed by atoms with E-state index in [4.69, 9.17) is 0 Å². The van der Waals surface area contributed by atoms with E-state index >= 15 is 0 Å². The van der Waals surface area contributed by atoms with Crippen LogP contribution in [0.25, 0.3) is 0 Å². The number of halogens is 1. The molecule has 2 unspecified atom stereocenters. The molecule has 0 aliphatic carbocycles. The lowest BCUT2D eigenvalue weighted by Gasteiger charge is -2.47. The van der Waals surface area contributed by atoms with Gasteiger partial charge in [0.15, 0.2) is 0 Å². The number of nitrogens with one attached hydrogen (secondary N) is 1. The summed E-state index contributed by atoms with van der Waals surface area (Å²) in [6.07, 6.45) is 1.11. The van der Waals surface area contributed by atoms with Crippen molar-refractivity contribution in [2.45, 2.75) is 58.7 Å². The zero-order valence-electron chi connectivity index (χ0n) is 13.3. The number of hydrogen-bond acceptors (Lipinski definition) is 2. The molecule has 0 amide bonds. The Morgan fingerprint density at radius 1 is 1.45 bits per heavy atom. The minimum absolute atomic E-state index is 0.100. The first-order valence-corrected chi connectivity index (χ1v) is 7.61. The number of piperazine rings is 1. The van der Waals surface area contributed by atoms with Gasteiger partial charge in [-0.3, -0.25) is 4.90 Å². The van der Waals surface area contributed by atoms with E-state index in [1.165, 1.54) is 0 Å². The van der Waals surface area contributed by atoms with Crippen LogP contribution in [0.15, 0.2) is 18.2 Å². The van der Waals surface area contributed by atoms with Crippen LogP contribution in [-0.4, -0.2) is 29.6 Å². The number of nitrogens with zero attached hydrogens (tertiary/aromatic N) is 1. The second-order valence-corrected chi connectivity index (χ2v) is 6.68. The van der Waals surface area contributed by atoms with Crippen molar-refractivity contribution in [2.24, 2.45) is 0 Å². The Hall–Kier alpha value is -0.930. The molecule has 1 saturated heterocycles. The van der Waals surface area contributed by atoms with Crippen molar-refractivity contribution in [3.8, 4) is 0 Å². The summed E-state index contributed by atoms with van der Waals surface area (Å²) in [5, 5.41) is 3.60. The molecule has 1 N–H and O–H groups in total. The van der Waals surface area contributed by atoms with Gasteiger partial charge in [-0.1, -0.05) is 19.1 Å². The fraction of sp³-hybridized carbons (Fsp3) is 0.647. The summed E-state index contributed by atoms with van der Waals surface area (Å²) >= 11 is 0. The third kappa shape index (κ3) is 3.21. The van der Waals surface area contributed by atoms with Gasteiger partial charge in [0, 0.05) is 30.7 Å². The number of aryl methyl sites for hydroxylation is 1. The second-order valence-electron chi connectivity index (χ2n) is 6.68. The van der Waals surface area contributed by atoms with Gasteiger partial charge in [0.2, 0.25) is 0 Å². The second kappa shape index (κ2) is 5.82. The Labute approximate surface area is 122 Å². The predicted octanol–water partition coefficient (Wildman–Crippen LogP) is 3.66. The summed E-state index contributed by atoms with van der Waals surface area (Å²) in [6, 6.07) is 6.40. The van der Waals surface area contributed by atoms with Crippen LogP contribution in [0.2, 0.25) is 0 Å². The normalized spacial score (nSPS) is 24.6. The molecule has 2 rings (SSSR count). The zero-order valence-corrected chi connectivity index (χ0v) is 13.3. The van der Waals surface area contributed by atoms with Crippen molar-refractivity contribution in [3.63, 3.8) is 0 Å². The van der Waals surface area contributed by atoms with Crippen LogP contribution < -0.4 is 5.32 Å². The highest BCUT2D eigenvalue weighted by molar-refractivity contribution is 5.26. The van der Waals surface area contributed by atoms with E-state index in [0.717, 1.165) is 25.1 Å². The molecule has 1 fully saturated rings. The van der Waals surface area contributed by atoms with Crippen molar-refractivity contribution in [1.82, 2.24) is 10.2 Å². The van der Waals surface area contributed by atoms with Crippen LogP contribution in [0.1, 0.15) is 51.3 Å². The maximum atomic E-state index is 13.8. The van der Waals surface area contributed by atoms with E-state index in [-0.39, 0.29) is 17.4 Å². The van der Waals surface area contributed by atoms with Crippen molar-refractivity contribution < 1.29 is 4.39 Å². The molecule has 1 aliphatic heterocycles. The Balaban J connectivity index is 2.24. The number of rotatable bonds is 3. The maximum absolute atomic E-state index is 13.8. The van der Waals surface area contributed by atoms with E-state index in [1.807, 2.05) is 13.0 Å². The minimum atomic E-state index is -0.100. The molecule has 1 aliphatic rings. The van der Waals surface area contributed by atoms with E-state index in [2.05, 4.69) is 44.0 Å². The third-order valence-corrected chi connectivity index (χ3v) is 4.51. The van der Waals surface area contributed by atoms with Gasteiger partial charge in [-0.05, 0) is 51.3 Å². The van der Waals surface area contributed by atoms with Crippen LogP contribution >= 0.6 is 0 Å². The van der Waals surface area contributed by atoms with Gasteiger partial charge >= 0.3 is 0 Å². The van der Waals surface area contributed by atoms with Crippen molar-refractivity contribution in [1.29, 1.82) is 0 Å². The molecule has 0 aromatic heterocycles. The molecule has 112 valence electrons. The van der Waals surface area contributed by atoms with E-state index in [0.29, 0.717) is 11.6 Å². The summed E-state index contributed by atoms with van der Waals surface area (Å²) < 4.78 is 13.8.